The number of aromatic carboxylic acids is 1. The maximum absolute atomic E-state index is 11.4. The van der Waals surface area contributed by atoms with E-state index < -0.39 is 5.97 Å². The fourth-order valence-electron chi connectivity index (χ4n) is 2.57. The van der Waals surface area contributed by atoms with Gasteiger partial charge in [0.1, 0.15) is 0 Å². The van der Waals surface area contributed by atoms with Crippen LogP contribution in [0.4, 0.5) is 11.4 Å². The summed E-state index contributed by atoms with van der Waals surface area (Å²) in [6, 6.07) is 5.53. The van der Waals surface area contributed by atoms with Crippen LogP contribution < -0.4 is 10.2 Å². The van der Waals surface area contributed by atoms with E-state index >= 15 is 0 Å². The molecule has 22 heavy (non-hydrogen) atoms. The van der Waals surface area contributed by atoms with Crippen LogP contribution in [0.2, 0.25) is 0 Å². The number of carbonyl (C=O) groups is 1. The summed E-state index contributed by atoms with van der Waals surface area (Å²) in [7, 11) is 3.78. The lowest BCUT2D eigenvalue weighted by Crippen LogP contribution is -2.44. The highest BCUT2D eigenvalue weighted by atomic mass is 16.5. The Kier molecular flexibility index (Phi) is 6.03. The number of anilines is 2. The highest BCUT2D eigenvalue weighted by molar-refractivity contribution is 5.95. The van der Waals surface area contributed by atoms with Crippen LogP contribution in [-0.2, 0) is 4.74 Å². The van der Waals surface area contributed by atoms with Gasteiger partial charge in [0.2, 0.25) is 0 Å². The molecule has 2 rings (SSSR count). The predicted molar refractivity (Wildman–Crippen MR) is 88.1 cm³/mol. The van der Waals surface area contributed by atoms with Crippen LogP contribution in [0.3, 0.4) is 0 Å². The molecule has 1 heterocycles. The topological polar surface area (TPSA) is 65.0 Å². The van der Waals surface area contributed by atoms with Gasteiger partial charge in [-0.25, -0.2) is 4.79 Å². The highest BCUT2D eigenvalue weighted by Crippen LogP contribution is 2.25. The molecule has 0 unspecified atom stereocenters. The minimum atomic E-state index is -0.904. The second-order valence-electron chi connectivity index (χ2n) is 5.60. The number of ether oxygens (including phenoxy) is 1. The van der Waals surface area contributed by atoms with Crippen molar-refractivity contribution < 1.29 is 14.6 Å². The van der Waals surface area contributed by atoms with E-state index in [0.29, 0.717) is 24.4 Å². The van der Waals surface area contributed by atoms with Gasteiger partial charge in [-0.05, 0) is 31.7 Å². The van der Waals surface area contributed by atoms with E-state index in [1.807, 2.05) is 12.1 Å². The third kappa shape index (κ3) is 4.35. The summed E-state index contributed by atoms with van der Waals surface area (Å²) in [5.74, 6) is -0.904. The largest absolute Gasteiger partial charge is 0.478 e. The first-order chi connectivity index (χ1) is 10.6. The van der Waals surface area contributed by atoms with Crippen LogP contribution in [0.25, 0.3) is 0 Å². The van der Waals surface area contributed by atoms with E-state index in [2.05, 4.69) is 22.2 Å². The lowest BCUT2D eigenvalue weighted by Gasteiger charge is -2.34. The van der Waals surface area contributed by atoms with Crippen molar-refractivity contribution in [1.29, 1.82) is 0 Å². The van der Waals surface area contributed by atoms with Gasteiger partial charge in [0, 0.05) is 52.1 Å². The van der Waals surface area contributed by atoms with Gasteiger partial charge in [-0.1, -0.05) is 0 Å². The SMILES string of the molecule is COCCCNc1cc(N2CCN(C)CC2)ccc1C(=O)O. The van der Waals surface area contributed by atoms with Crippen LogP contribution in [0.15, 0.2) is 18.2 Å². The zero-order valence-corrected chi connectivity index (χ0v) is 13.3. The molecule has 0 aliphatic carbocycles. The van der Waals surface area contributed by atoms with Crippen molar-refractivity contribution in [3.63, 3.8) is 0 Å². The first-order valence-electron chi connectivity index (χ1n) is 7.65. The maximum atomic E-state index is 11.4. The van der Waals surface area contributed by atoms with Crippen LogP contribution in [-0.4, -0.2) is 69.5 Å². The third-order valence-corrected chi connectivity index (χ3v) is 3.94. The van der Waals surface area contributed by atoms with Gasteiger partial charge in [-0.3, -0.25) is 0 Å². The summed E-state index contributed by atoms with van der Waals surface area (Å²) in [5.41, 5.74) is 2.07. The molecule has 0 saturated carbocycles. The molecule has 0 radical (unpaired) electrons. The molecule has 1 fully saturated rings. The molecule has 1 aliphatic rings. The quantitative estimate of drug-likeness (QED) is 0.746. The van der Waals surface area contributed by atoms with E-state index in [1.54, 1.807) is 13.2 Å². The third-order valence-electron chi connectivity index (χ3n) is 3.94. The molecule has 0 atom stereocenters. The zero-order valence-electron chi connectivity index (χ0n) is 13.3. The fraction of sp³-hybridized carbons (Fsp3) is 0.562. The Labute approximate surface area is 131 Å². The number of benzene rings is 1. The van der Waals surface area contributed by atoms with E-state index in [1.165, 1.54) is 0 Å². The first kappa shape index (κ1) is 16.6. The fourth-order valence-corrected chi connectivity index (χ4v) is 2.57. The van der Waals surface area contributed by atoms with E-state index in [4.69, 9.17) is 4.74 Å². The Bertz CT molecular complexity index is 499. The van der Waals surface area contributed by atoms with Gasteiger partial charge >= 0.3 is 5.97 Å². The molecule has 0 spiro atoms. The Balaban J connectivity index is 2.10. The molecule has 0 amide bonds. The molecule has 0 bridgehead atoms. The number of hydrogen-bond donors (Lipinski definition) is 2. The van der Waals surface area contributed by atoms with Crippen LogP contribution >= 0.6 is 0 Å². The van der Waals surface area contributed by atoms with Gasteiger partial charge in [0.15, 0.2) is 0 Å². The van der Waals surface area contributed by atoms with E-state index in [0.717, 1.165) is 38.3 Å². The summed E-state index contributed by atoms with van der Waals surface area (Å²) in [6.45, 7) is 5.33. The smallest absolute Gasteiger partial charge is 0.337 e. The average Bonchev–Trinajstić information content (AvgIpc) is 2.52. The second kappa shape index (κ2) is 8.00. The van der Waals surface area contributed by atoms with Gasteiger partial charge in [0.25, 0.3) is 0 Å². The van der Waals surface area contributed by atoms with Crippen LogP contribution in [0.1, 0.15) is 16.8 Å². The zero-order chi connectivity index (χ0) is 15.9. The number of piperazine rings is 1. The number of rotatable bonds is 7. The highest BCUT2D eigenvalue weighted by Gasteiger charge is 2.17. The van der Waals surface area contributed by atoms with Gasteiger partial charge in [-0.2, -0.15) is 0 Å². The molecule has 6 nitrogen and oxygen atoms in total. The molecule has 2 N–H and O–H groups in total. The second-order valence-corrected chi connectivity index (χ2v) is 5.60. The van der Waals surface area contributed by atoms with Crippen LogP contribution in [0, 0.1) is 0 Å². The average molecular weight is 307 g/mol. The molecule has 1 saturated heterocycles. The standard InChI is InChI=1S/C16H25N3O3/c1-18-7-9-19(10-8-18)13-4-5-14(16(20)21)15(12-13)17-6-3-11-22-2/h4-5,12,17H,3,6-11H2,1-2H3,(H,20,21). The van der Waals surface area contributed by atoms with Gasteiger partial charge in [-0.15, -0.1) is 0 Å². The lowest BCUT2D eigenvalue weighted by atomic mass is 10.1. The normalized spacial score (nSPS) is 15.8. The molecule has 1 aromatic carbocycles. The first-order valence-corrected chi connectivity index (χ1v) is 7.65. The minimum Gasteiger partial charge on any atom is -0.478 e. The van der Waals surface area contributed by atoms with Crippen molar-refractivity contribution in [3.8, 4) is 0 Å². The number of methoxy groups -OCH3 is 1. The number of nitrogens with zero attached hydrogens (tertiary/aromatic N) is 2. The number of nitrogens with one attached hydrogen (secondary N) is 1. The number of carboxylic acid groups (broad SMARTS) is 1. The Morgan fingerprint density at radius 2 is 2.05 bits per heavy atom. The molecule has 0 aromatic heterocycles. The van der Waals surface area contributed by atoms with Crippen molar-refractivity contribution in [3.05, 3.63) is 23.8 Å². The molecule has 122 valence electrons. The van der Waals surface area contributed by atoms with Crippen molar-refractivity contribution in [2.24, 2.45) is 0 Å². The molecule has 1 aliphatic heterocycles. The van der Waals surface area contributed by atoms with Crippen molar-refractivity contribution in [2.75, 3.05) is 63.7 Å². The van der Waals surface area contributed by atoms with Crippen molar-refractivity contribution >= 4 is 17.3 Å². The summed E-state index contributed by atoms with van der Waals surface area (Å²) < 4.78 is 5.02. The predicted octanol–water partition coefficient (Wildman–Crippen LogP) is 1.59. The van der Waals surface area contributed by atoms with E-state index in [-0.39, 0.29) is 0 Å². The maximum Gasteiger partial charge on any atom is 0.337 e. The van der Waals surface area contributed by atoms with Crippen molar-refractivity contribution in [2.45, 2.75) is 6.42 Å². The number of likely N-dealkylation sites (N-methyl/N-ethyl adjacent to an activating group) is 1. The number of hydrogen-bond acceptors (Lipinski definition) is 5. The summed E-state index contributed by atoms with van der Waals surface area (Å²) in [5, 5.41) is 12.5. The van der Waals surface area contributed by atoms with Gasteiger partial charge < -0.3 is 25.0 Å². The Hall–Kier alpha value is -1.79. The molecule has 1 aromatic rings. The summed E-state index contributed by atoms with van der Waals surface area (Å²) >= 11 is 0. The van der Waals surface area contributed by atoms with Crippen LogP contribution in [0.5, 0.6) is 0 Å². The monoisotopic (exact) mass is 307 g/mol. The summed E-state index contributed by atoms with van der Waals surface area (Å²) in [6.07, 6.45) is 0.842. The minimum absolute atomic E-state index is 0.315. The van der Waals surface area contributed by atoms with Gasteiger partial charge in [0.05, 0.1) is 11.3 Å². The number of carboxylic acids is 1. The Morgan fingerprint density at radius 1 is 1.32 bits per heavy atom. The molecular weight excluding hydrogens is 282 g/mol. The van der Waals surface area contributed by atoms with Crippen molar-refractivity contribution in [1.82, 2.24) is 4.90 Å². The molecule has 6 heteroatoms. The lowest BCUT2D eigenvalue weighted by molar-refractivity contribution is 0.0698. The summed E-state index contributed by atoms with van der Waals surface area (Å²) in [4.78, 5) is 16.0. The van der Waals surface area contributed by atoms with E-state index in [9.17, 15) is 9.90 Å². The molecular formula is C16H25N3O3. The Morgan fingerprint density at radius 3 is 2.68 bits per heavy atom.